The van der Waals surface area contributed by atoms with E-state index in [9.17, 15) is 14.7 Å². The average Bonchev–Trinajstić information content (AvgIpc) is 2.70. The van der Waals surface area contributed by atoms with Gasteiger partial charge in [0.05, 0.1) is 17.8 Å². The Labute approximate surface area is 170 Å². The summed E-state index contributed by atoms with van der Waals surface area (Å²) in [6.45, 7) is 1.38. The van der Waals surface area contributed by atoms with Crippen molar-refractivity contribution in [3.63, 3.8) is 0 Å². The van der Waals surface area contributed by atoms with Gasteiger partial charge in [-0.1, -0.05) is 18.2 Å². The van der Waals surface area contributed by atoms with E-state index < -0.39 is 12.0 Å². The smallest absolute Gasteiger partial charge is 0.321 e. The Morgan fingerprint density at radius 2 is 1.62 bits per heavy atom. The monoisotopic (exact) mass is 397 g/mol. The molecule has 29 heavy (non-hydrogen) atoms. The first kappa shape index (κ1) is 22.2. The number of hydrogen-bond donors (Lipinski definition) is 3. The van der Waals surface area contributed by atoms with Crippen LogP contribution in [0.1, 0.15) is 12.8 Å². The molecule has 1 amide bonds. The molecule has 0 fully saturated rings. The number of carbonyl (C=O) groups excluding carboxylic acids is 1. The fourth-order valence-corrected chi connectivity index (χ4v) is 2.54. The van der Waals surface area contributed by atoms with Crippen LogP contribution >= 0.6 is 0 Å². The van der Waals surface area contributed by atoms with Crippen LogP contribution in [0.5, 0.6) is 0 Å². The molecule has 154 valence electrons. The van der Waals surface area contributed by atoms with E-state index in [1.54, 1.807) is 24.3 Å². The topological polar surface area (TPSA) is 106 Å². The largest absolute Gasteiger partial charge is 0.480 e. The quantitative estimate of drug-likeness (QED) is 0.398. The third-order valence-corrected chi connectivity index (χ3v) is 4.05. The van der Waals surface area contributed by atoms with Crippen molar-refractivity contribution >= 4 is 28.9 Å². The van der Waals surface area contributed by atoms with Crippen LogP contribution in [0.25, 0.3) is 0 Å². The van der Waals surface area contributed by atoms with E-state index in [2.05, 4.69) is 20.9 Å². The van der Waals surface area contributed by atoms with E-state index in [0.717, 1.165) is 18.7 Å². The summed E-state index contributed by atoms with van der Waals surface area (Å²) in [4.78, 5) is 25.6. The summed E-state index contributed by atoms with van der Waals surface area (Å²) in [6.07, 6.45) is 0.657. The van der Waals surface area contributed by atoms with Gasteiger partial charge in [0.25, 0.3) is 0 Å². The minimum absolute atomic E-state index is 0.146. The molecule has 8 nitrogen and oxygen atoms in total. The van der Waals surface area contributed by atoms with Crippen LogP contribution in [-0.2, 0) is 9.59 Å². The third-order valence-electron chi connectivity index (χ3n) is 4.05. The lowest BCUT2D eigenvalue weighted by Gasteiger charge is -2.15. The Balaban J connectivity index is 1.84. The van der Waals surface area contributed by atoms with Crippen molar-refractivity contribution in [2.75, 3.05) is 32.5 Å². The maximum absolute atomic E-state index is 12.2. The molecule has 0 aromatic heterocycles. The second-order valence-corrected chi connectivity index (χ2v) is 6.84. The molecule has 1 atom stereocenters. The van der Waals surface area contributed by atoms with E-state index in [-0.39, 0.29) is 12.3 Å². The predicted molar refractivity (Wildman–Crippen MR) is 113 cm³/mol. The fourth-order valence-electron chi connectivity index (χ4n) is 2.54. The van der Waals surface area contributed by atoms with E-state index >= 15 is 0 Å². The highest BCUT2D eigenvalue weighted by molar-refractivity contribution is 5.94. The van der Waals surface area contributed by atoms with Crippen molar-refractivity contribution < 1.29 is 14.7 Å². The normalized spacial score (nSPS) is 12.2. The molecular weight excluding hydrogens is 370 g/mol. The Morgan fingerprint density at radius 1 is 1.00 bits per heavy atom. The molecule has 0 heterocycles. The highest BCUT2D eigenvalue weighted by atomic mass is 16.4. The molecule has 8 heteroatoms. The van der Waals surface area contributed by atoms with Crippen molar-refractivity contribution in [1.82, 2.24) is 10.2 Å². The first-order valence-corrected chi connectivity index (χ1v) is 9.41. The number of rotatable bonds is 11. The van der Waals surface area contributed by atoms with Gasteiger partial charge >= 0.3 is 5.97 Å². The molecular formula is C21H27N5O3. The Bertz CT molecular complexity index is 807. The molecule has 2 rings (SSSR count). The maximum Gasteiger partial charge on any atom is 0.321 e. The first-order valence-electron chi connectivity index (χ1n) is 9.41. The van der Waals surface area contributed by atoms with Gasteiger partial charge in [0.1, 0.15) is 6.04 Å². The highest BCUT2D eigenvalue weighted by Gasteiger charge is 2.20. The van der Waals surface area contributed by atoms with E-state index in [4.69, 9.17) is 0 Å². The molecule has 0 saturated carbocycles. The van der Waals surface area contributed by atoms with Crippen molar-refractivity contribution in [1.29, 1.82) is 0 Å². The third kappa shape index (κ3) is 8.63. The van der Waals surface area contributed by atoms with Crippen LogP contribution in [-0.4, -0.2) is 55.1 Å². The van der Waals surface area contributed by atoms with Crippen LogP contribution < -0.4 is 10.6 Å². The lowest BCUT2D eigenvalue weighted by molar-refractivity contribution is -0.141. The molecule has 2 aromatic carbocycles. The van der Waals surface area contributed by atoms with Crippen LogP contribution in [0.15, 0.2) is 64.8 Å². The molecule has 3 N–H and O–H groups in total. The number of nitrogens with zero attached hydrogens (tertiary/aromatic N) is 3. The zero-order valence-electron chi connectivity index (χ0n) is 16.7. The van der Waals surface area contributed by atoms with Gasteiger partial charge < -0.3 is 20.6 Å². The molecule has 0 aliphatic heterocycles. The summed E-state index contributed by atoms with van der Waals surface area (Å²) >= 11 is 0. The Hall–Kier alpha value is -3.10. The van der Waals surface area contributed by atoms with Gasteiger partial charge in [-0.15, -0.1) is 0 Å². The first-order chi connectivity index (χ1) is 13.9. The molecule has 2 aromatic rings. The van der Waals surface area contributed by atoms with Crippen molar-refractivity contribution in [3.05, 3.63) is 54.6 Å². The number of carboxylic acids is 1. The lowest BCUT2D eigenvalue weighted by Crippen LogP contribution is -2.40. The summed E-state index contributed by atoms with van der Waals surface area (Å²) < 4.78 is 0. The highest BCUT2D eigenvalue weighted by Crippen LogP contribution is 2.20. The van der Waals surface area contributed by atoms with E-state index in [1.807, 2.05) is 49.3 Å². The van der Waals surface area contributed by atoms with E-state index in [1.165, 1.54) is 0 Å². The number of carbonyl (C=O) groups is 2. The standard InChI is InChI=1S/C21H27N5O3/c1-26(2)14-6-13-22-19(21(28)29)15-20(27)23-16-9-11-18(12-10-16)25-24-17-7-4-3-5-8-17/h3-5,7-12,19,22H,6,13-15H2,1-2H3,(H,23,27)(H,28,29). The van der Waals surface area contributed by atoms with Gasteiger partial charge in [-0.05, 0) is 70.0 Å². The Morgan fingerprint density at radius 3 is 2.21 bits per heavy atom. The number of nitrogens with one attached hydrogen (secondary N) is 2. The summed E-state index contributed by atoms with van der Waals surface area (Å²) in [5.74, 6) is -1.40. The molecule has 0 spiro atoms. The number of hydrogen-bond acceptors (Lipinski definition) is 6. The van der Waals surface area contributed by atoms with Crippen LogP contribution in [0.3, 0.4) is 0 Å². The molecule has 0 aliphatic carbocycles. The average molecular weight is 397 g/mol. The predicted octanol–water partition coefficient (Wildman–Crippen LogP) is 3.43. The van der Waals surface area contributed by atoms with Crippen LogP contribution in [0.4, 0.5) is 17.1 Å². The second-order valence-electron chi connectivity index (χ2n) is 6.84. The summed E-state index contributed by atoms with van der Waals surface area (Å²) in [6, 6.07) is 15.3. The number of anilines is 1. The molecule has 0 aliphatic rings. The van der Waals surface area contributed by atoms with Gasteiger partial charge in [0, 0.05) is 5.69 Å². The summed E-state index contributed by atoms with van der Waals surface area (Å²) in [7, 11) is 3.91. The van der Waals surface area contributed by atoms with Crippen molar-refractivity contribution in [2.24, 2.45) is 10.2 Å². The molecule has 1 unspecified atom stereocenters. The van der Waals surface area contributed by atoms with Gasteiger partial charge in [0.15, 0.2) is 0 Å². The van der Waals surface area contributed by atoms with Crippen LogP contribution in [0.2, 0.25) is 0 Å². The maximum atomic E-state index is 12.2. The minimum atomic E-state index is -1.04. The summed E-state index contributed by atoms with van der Waals surface area (Å²) in [5.41, 5.74) is 1.98. The lowest BCUT2D eigenvalue weighted by atomic mass is 10.2. The SMILES string of the molecule is CN(C)CCCNC(CC(=O)Nc1ccc(N=Nc2ccccc2)cc1)C(=O)O. The van der Waals surface area contributed by atoms with Crippen LogP contribution in [0, 0.1) is 0 Å². The fraction of sp³-hybridized carbons (Fsp3) is 0.333. The summed E-state index contributed by atoms with van der Waals surface area (Å²) in [5, 5.41) is 23.2. The van der Waals surface area contributed by atoms with E-state index in [0.29, 0.717) is 17.9 Å². The number of carboxylic acid groups (broad SMARTS) is 1. The Kier molecular flexibility index (Phi) is 8.94. The van der Waals surface area contributed by atoms with Crippen molar-refractivity contribution in [3.8, 4) is 0 Å². The number of amides is 1. The zero-order chi connectivity index (χ0) is 21.1. The number of aliphatic carboxylic acids is 1. The minimum Gasteiger partial charge on any atom is -0.480 e. The van der Waals surface area contributed by atoms with Gasteiger partial charge in [-0.25, -0.2) is 0 Å². The van der Waals surface area contributed by atoms with Gasteiger partial charge in [-0.2, -0.15) is 10.2 Å². The number of benzene rings is 2. The molecule has 0 bridgehead atoms. The van der Waals surface area contributed by atoms with Gasteiger partial charge in [-0.3, -0.25) is 9.59 Å². The molecule has 0 saturated heterocycles. The van der Waals surface area contributed by atoms with Crippen molar-refractivity contribution in [2.45, 2.75) is 18.9 Å². The van der Waals surface area contributed by atoms with Gasteiger partial charge in [0.2, 0.25) is 5.91 Å². The number of azo groups is 1. The second kappa shape index (κ2) is 11.7. The zero-order valence-corrected chi connectivity index (χ0v) is 16.7. The molecule has 0 radical (unpaired) electrons.